The number of anilines is 1. The molecule has 0 bridgehead atoms. The molecule has 3 rings (SSSR count). The first-order valence-corrected chi connectivity index (χ1v) is 14.5. The van der Waals surface area contributed by atoms with Crippen molar-refractivity contribution in [3.05, 3.63) is 97.6 Å². The summed E-state index contributed by atoms with van der Waals surface area (Å²) < 4.78 is 122. The molecule has 47 heavy (non-hydrogen) atoms. The van der Waals surface area contributed by atoms with Gasteiger partial charge in [0.25, 0.3) is 11.8 Å². The first-order valence-electron chi connectivity index (χ1n) is 13.4. The number of halogens is 10. The van der Waals surface area contributed by atoms with E-state index in [4.69, 9.17) is 4.74 Å². The molecule has 0 spiro atoms. The Bertz CT molecular complexity index is 1590. The molecule has 0 aromatic heterocycles. The number of amides is 3. The minimum Gasteiger partial charge on any atom is -0.447 e. The van der Waals surface area contributed by atoms with Crippen LogP contribution >= 0.6 is 22.6 Å². The molecule has 17 heteroatoms. The van der Waals surface area contributed by atoms with E-state index < -0.39 is 59.5 Å². The van der Waals surface area contributed by atoms with Gasteiger partial charge in [0.1, 0.15) is 6.61 Å². The second-order valence-corrected chi connectivity index (χ2v) is 11.4. The van der Waals surface area contributed by atoms with Gasteiger partial charge in [0, 0.05) is 15.8 Å². The van der Waals surface area contributed by atoms with Crippen LogP contribution in [0.1, 0.15) is 55.8 Å². The lowest BCUT2D eigenvalue weighted by Crippen LogP contribution is -2.39. The number of carbonyl (C=O) groups excluding carboxylic acids is 3. The van der Waals surface area contributed by atoms with Gasteiger partial charge in [-0.15, -0.1) is 0 Å². The van der Waals surface area contributed by atoms with Crippen LogP contribution in [-0.2, 0) is 17.5 Å². The van der Waals surface area contributed by atoms with Gasteiger partial charge < -0.3 is 20.7 Å². The van der Waals surface area contributed by atoms with Gasteiger partial charge in [-0.25, -0.2) is 4.79 Å². The van der Waals surface area contributed by atoms with Gasteiger partial charge in [-0.05, 0) is 83.5 Å². The first-order chi connectivity index (χ1) is 21.7. The zero-order chi connectivity index (χ0) is 35.3. The van der Waals surface area contributed by atoms with E-state index in [1.54, 1.807) is 22.6 Å². The second kappa shape index (κ2) is 14.8. The Balaban J connectivity index is 1.64. The molecule has 254 valence electrons. The molecular weight excluding hydrogens is 764 g/mol. The van der Waals surface area contributed by atoms with Crippen molar-refractivity contribution < 1.29 is 58.6 Å². The van der Waals surface area contributed by atoms with Gasteiger partial charge in [-0.3, -0.25) is 9.59 Å². The molecule has 0 radical (unpaired) electrons. The number of alkyl carbamates (subject to hydrolysis) is 1. The fourth-order valence-corrected chi connectivity index (χ4v) is 5.02. The quantitative estimate of drug-likeness (QED) is 0.151. The Morgan fingerprint density at radius 1 is 0.851 bits per heavy atom. The summed E-state index contributed by atoms with van der Waals surface area (Å²) in [5, 5.41) is 7.32. The van der Waals surface area contributed by atoms with E-state index >= 15 is 0 Å². The smallest absolute Gasteiger partial charge is 0.416 e. The van der Waals surface area contributed by atoms with Gasteiger partial charge in [0.15, 0.2) is 5.92 Å². The van der Waals surface area contributed by atoms with E-state index in [-0.39, 0.29) is 35.5 Å². The third-order valence-corrected chi connectivity index (χ3v) is 7.43. The molecule has 3 N–H and O–H groups in total. The third-order valence-electron chi connectivity index (χ3n) is 6.53. The number of hydrogen-bond acceptors (Lipinski definition) is 4. The SMILES string of the molecule is Cc1cc(C(C(F)(F)F)C(F)(F)F)ccc1NC(=O)c1cccc(I)c1C(=O)NC(C)COC(=O)NCc1ccc(C(F)(F)F)cc1. The van der Waals surface area contributed by atoms with Gasteiger partial charge >= 0.3 is 24.6 Å². The largest absolute Gasteiger partial charge is 0.447 e. The standard InChI is InChI=1S/C30H25F9IN3O4/c1-15-12-18(24(29(34,35)36)30(37,38)39)8-11-22(15)43-25(44)20-4-3-5-21(40)23(20)26(45)42-16(2)14-47-27(46)41-13-17-6-9-19(10-7-17)28(31,32)33/h3-12,16,24H,13-14H2,1-2H3,(H,41,46)(H,42,45)(H,43,44). The molecule has 0 fully saturated rings. The van der Waals surface area contributed by atoms with Crippen LogP contribution in [0, 0.1) is 10.5 Å². The summed E-state index contributed by atoms with van der Waals surface area (Å²) in [4.78, 5) is 38.4. The number of ether oxygens (including phenoxy) is 1. The Labute approximate surface area is 275 Å². The molecule has 0 saturated carbocycles. The van der Waals surface area contributed by atoms with Crippen molar-refractivity contribution in [3.63, 3.8) is 0 Å². The molecule has 0 aliphatic carbocycles. The van der Waals surface area contributed by atoms with Gasteiger partial charge in [-0.1, -0.05) is 30.3 Å². The molecule has 0 saturated heterocycles. The van der Waals surface area contributed by atoms with E-state index in [0.717, 1.165) is 18.2 Å². The summed E-state index contributed by atoms with van der Waals surface area (Å²) in [6.07, 6.45) is -16.6. The highest BCUT2D eigenvalue weighted by molar-refractivity contribution is 14.1. The number of aryl methyl sites for hydroxylation is 1. The highest BCUT2D eigenvalue weighted by Crippen LogP contribution is 2.46. The maximum Gasteiger partial charge on any atom is 0.416 e. The summed E-state index contributed by atoms with van der Waals surface area (Å²) in [5.74, 6) is -5.36. The maximum absolute atomic E-state index is 13.2. The summed E-state index contributed by atoms with van der Waals surface area (Å²) in [5.41, 5.74) is -1.97. The Hall–Kier alpha value is -4.03. The molecule has 0 aliphatic rings. The summed E-state index contributed by atoms with van der Waals surface area (Å²) >= 11 is 1.79. The van der Waals surface area contributed by atoms with Gasteiger partial charge in [0.05, 0.1) is 22.7 Å². The maximum atomic E-state index is 13.2. The van der Waals surface area contributed by atoms with Crippen molar-refractivity contribution in [3.8, 4) is 0 Å². The molecule has 1 atom stereocenters. The van der Waals surface area contributed by atoms with Crippen LogP contribution in [0.5, 0.6) is 0 Å². The topological polar surface area (TPSA) is 96.5 Å². The van der Waals surface area contributed by atoms with Crippen molar-refractivity contribution in [1.29, 1.82) is 0 Å². The van der Waals surface area contributed by atoms with Crippen molar-refractivity contribution >= 4 is 46.2 Å². The van der Waals surface area contributed by atoms with Crippen LogP contribution in [0.4, 0.5) is 50.0 Å². The lowest BCUT2D eigenvalue weighted by molar-refractivity contribution is -0.253. The zero-order valence-corrected chi connectivity index (χ0v) is 26.4. The van der Waals surface area contributed by atoms with Gasteiger partial charge in [0.2, 0.25) is 0 Å². The van der Waals surface area contributed by atoms with E-state index in [1.165, 1.54) is 44.2 Å². The molecular formula is C30H25F9IN3O4. The summed E-state index contributed by atoms with van der Waals surface area (Å²) in [7, 11) is 0. The minimum absolute atomic E-state index is 0.0869. The molecule has 7 nitrogen and oxygen atoms in total. The second-order valence-electron chi connectivity index (χ2n) is 10.2. The lowest BCUT2D eigenvalue weighted by Gasteiger charge is -2.24. The monoisotopic (exact) mass is 789 g/mol. The van der Waals surface area contributed by atoms with E-state index in [1.807, 2.05) is 0 Å². The van der Waals surface area contributed by atoms with E-state index in [2.05, 4.69) is 16.0 Å². The normalized spacial score (nSPS) is 12.8. The molecule has 3 aromatic rings. The fourth-order valence-electron chi connectivity index (χ4n) is 4.28. The highest BCUT2D eigenvalue weighted by atomic mass is 127. The third kappa shape index (κ3) is 10.2. The Morgan fingerprint density at radius 3 is 2.02 bits per heavy atom. The number of alkyl halides is 9. The predicted molar refractivity (Wildman–Crippen MR) is 160 cm³/mol. The molecule has 1 unspecified atom stereocenters. The fraction of sp³-hybridized carbons (Fsp3) is 0.300. The van der Waals surface area contributed by atoms with Crippen LogP contribution in [0.15, 0.2) is 60.7 Å². The van der Waals surface area contributed by atoms with Crippen LogP contribution < -0.4 is 16.0 Å². The zero-order valence-electron chi connectivity index (χ0n) is 24.3. The van der Waals surface area contributed by atoms with Crippen LogP contribution in [0.3, 0.4) is 0 Å². The number of carbonyl (C=O) groups is 3. The highest BCUT2D eigenvalue weighted by Gasteiger charge is 2.57. The molecule has 3 amide bonds. The van der Waals surface area contributed by atoms with E-state index in [9.17, 15) is 53.9 Å². The average Bonchev–Trinajstić information content (AvgIpc) is 2.94. The number of benzene rings is 3. The van der Waals surface area contributed by atoms with Gasteiger partial charge in [-0.2, -0.15) is 39.5 Å². The number of rotatable bonds is 9. The lowest BCUT2D eigenvalue weighted by atomic mass is 9.95. The summed E-state index contributed by atoms with van der Waals surface area (Å²) in [6.45, 7) is 2.23. The van der Waals surface area contributed by atoms with Crippen LogP contribution in [-0.4, -0.2) is 42.9 Å². The number of nitrogens with one attached hydrogen (secondary N) is 3. The molecule has 0 heterocycles. The summed E-state index contributed by atoms with van der Waals surface area (Å²) in [6, 6.07) is 9.74. The predicted octanol–water partition coefficient (Wildman–Crippen LogP) is 8.12. The van der Waals surface area contributed by atoms with Crippen molar-refractivity contribution in [2.75, 3.05) is 11.9 Å². The minimum atomic E-state index is -5.60. The Kier molecular flexibility index (Phi) is 11.8. The van der Waals surface area contributed by atoms with Crippen molar-refractivity contribution in [2.45, 2.75) is 50.9 Å². The van der Waals surface area contributed by atoms with Crippen molar-refractivity contribution in [2.24, 2.45) is 0 Å². The van der Waals surface area contributed by atoms with Crippen LogP contribution in [0.2, 0.25) is 0 Å². The Morgan fingerprint density at radius 2 is 1.47 bits per heavy atom. The first kappa shape index (κ1) is 37.4. The molecule has 0 aliphatic heterocycles. The average molecular weight is 789 g/mol. The number of hydrogen-bond donors (Lipinski definition) is 3. The molecule has 3 aromatic carbocycles. The van der Waals surface area contributed by atoms with Crippen LogP contribution in [0.25, 0.3) is 0 Å². The van der Waals surface area contributed by atoms with Crippen molar-refractivity contribution in [1.82, 2.24) is 10.6 Å². The van der Waals surface area contributed by atoms with E-state index in [0.29, 0.717) is 21.3 Å².